The van der Waals surface area contributed by atoms with Crippen molar-refractivity contribution in [1.82, 2.24) is 0 Å². The van der Waals surface area contributed by atoms with Crippen LogP contribution in [0, 0.1) is 19.6 Å². The predicted octanol–water partition coefficient (Wildman–Crippen LogP) is 0.806. The number of nitrogens with zero attached hydrogens (tertiary/aromatic N) is 4. The topological polar surface area (TPSA) is 127 Å². The van der Waals surface area contributed by atoms with E-state index in [9.17, 15) is 19.6 Å². The van der Waals surface area contributed by atoms with Crippen molar-refractivity contribution in [2.24, 2.45) is 20.7 Å². The van der Waals surface area contributed by atoms with Crippen LogP contribution in [0.4, 0.5) is 0 Å². The van der Waals surface area contributed by atoms with E-state index < -0.39 is 12.2 Å². The molecule has 0 atom stereocenters. The summed E-state index contributed by atoms with van der Waals surface area (Å²) in [5.74, 6) is 0. The zero-order chi connectivity index (χ0) is 11.5. The molecule has 0 spiro atoms. The highest BCUT2D eigenvalue weighted by Crippen LogP contribution is 2.02. The van der Waals surface area contributed by atoms with Gasteiger partial charge in [0, 0.05) is 0 Å². The first kappa shape index (κ1) is 13.4. The largest absolute Gasteiger partial charge is 0.367 e. The van der Waals surface area contributed by atoms with Crippen LogP contribution < -0.4 is 0 Å². The molecule has 0 unspecified atom stereocenters. The van der Waals surface area contributed by atoms with Gasteiger partial charge in [0.2, 0.25) is 0 Å². The highest BCUT2D eigenvalue weighted by Gasteiger charge is 2.18. The Bertz CT molecular complexity index is 182. The molecular weight excluding hydrogens is 208 g/mol. The smallest absolute Gasteiger partial charge is 0.109 e. The second-order valence-electron chi connectivity index (χ2n) is 2.63. The lowest BCUT2D eigenvalue weighted by Gasteiger charge is -2.16. The summed E-state index contributed by atoms with van der Waals surface area (Å²) in [7, 11) is 0. The summed E-state index contributed by atoms with van der Waals surface area (Å²) in [5, 5.41) is 10.1. The van der Waals surface area contributed by atoms with Gasteiger partial charge in [0.25, 0.3) is 0 Å². The Morgan fingerprint density at radius 2 is 0.933 bits per heavy atom. The fraction of sp³-hybridized carbons (Fsp3) is 1.00. The lowest BCUT2D eigenvalue weighted by molar-refractivity contribution is 0.00841. The minimum atomic E-state index is -0.839. The monoisotopic (exact) mass is 218 g/mol. The van der Waals surface area contributed by atoms with Crippen molar-refractivity contribution in [3.63, 3.8) is 0 Å². The summed E-state index contributed by atoms with van der Waals surface area (Å²) < 4.78 is 5.04. The van der Waals surface area contributed by atoms with Gasteiger partial charge < -0.3 is 4.74 Å². The van der Waals surface area contributed by atoms with Crippen LogP contribution >= 0.6 is 0 Å². The van der Waals surface area contributed by atoms with Crippen LogP contribution in [0.5, 0.6) is 0 Å². The van der Waals surface area contributed by atoms with E-state index in [0.717, 1.165) is 0 Å². The molecule has 0 aliphatic heterocycles. The minimum absolute atomic E-state index is 0.278. The highest BCUT2D eigenvalue weighted by molar-refractivity contribution is 4.71. The quantitative estimate of drug-likeness (QED) is 0.501. The van der Waals surface area contributed by atoms with Crippen LogP contribution in [-0.4, -0.2) is 38.4 Å². The lowest BCUT2D eigenvalue weighted by atomic mass is 10.3. The van der Waals surface area contributed by atoms with Crippen LogP contribution in [0.2, 0.25) is 0 Å². The summed E-state index contributed by atoms with van der Waals surface area (Å²) in [6.45, 7) is -1.11. The second kappa shape index (κ2) is 8.94. The maximum absolute atomic E-state index is 9.94. The zero-order valence-electron chi connectivity index (χ0n) is 7.81. The Balaban J connectivity index is 4.15. The Morgan fingerprint density at radius 3 is 1.13 bits per heavy atom. The molecule has 84 valence electrons. The molecule has 9 nitrogen and oxygen atoms in total. The maximum Gasteiger partial charge on any atom is 0.109 e. The van der Waals surface area contributed by atoms with E-state index in [1.165, 1.54) is 0 Å². The first-order valence-electron chi connectivity index (χ1n) is 4.10. The molecule has 0 amide bonds. The van der Waals surface area contributed by atoms with E-state index in [0.29, 0.717) is 0 Å². The average Bonchev–Trinajstić information content (AvgIpc) is 2.19. The third kappa shape index (κ3) is 6.43. The third-order valence-electron chi connectivity index (χ3n) is 1.50. The van der Waals surface area contributed by atoms with Gasteiger partial charge in [-0.05, 0) is 0 Å². The Morgan fingerprint density at radius 1 is 0.667 bits per heavy atom. The normalized spacial score (nSPS) is 10.3. The summed E-state index contributed by atoms with van der Waals surface area (Å²) in [6.07, 6.45) is -1.68. The Hall–Kier alpha value is -1.64. The van der Waals surface area contributed by atoms with E-state index in [-0.39, 0.29) is 26.2 Å². The van der Waals surface area contributed by atoms with Gasteiger partial charge in [0.15, 0.2) is 0 Å². The van der Waals surface area contributed by atoms with Crippen molar-refractivity contribution in [2.75, 3.05) is 26.2 Å². The summed E-state index contributed by atoms with van der Waals surface area (Å²) in [6, 6.07) is 0. The SMILES string of the molecule is O=NCC(CN=O)OC(CN=O)CN=O. The van der Waals surface area contributed by atoms with E-state index in [1.807, 2.05) is 0 Å². The first-order valence-corrected chi connectivity index (χ1v) is 4.10. The summed E-state index contributed by atoms with van der Waals surface area (Å²) in [4.78, 5) is 39.8. The number of nitroso groups, excluding NO2 is 4. The van der Waals surface area contributed by atoms with E-state index in [4.69, 9.17) is 4.74 Å². The molecule has 0 rings (SSSR count). The van der Waals surface area contributed by atoms with Crippen LogP contribution in [0.15, 0.2) is 20.7 Å². The molecule has 0 aromatic carbocycles. The fourth-order valence-electron chi connectivity index (χ4n) is 0.892. The molecule has 0 aliphatic carbocycles. The first-order chi connectivity index (χ1) is 7.28. The molecule has 0 heterocycles. The van der Waals surface area contributed by atoms with Gasteiger partial charge in [-0.25, -0.2) is 0 Å². The molecule has 0 aliphatic rings. The number of ether oxygens (including phenoxy) is 1. The van der Waals surface area contributed by atoms with Crippen molar-refractivity contribution in [3.05, 3.63) is 19.6 Å². The zero-order valence-corrected chi connectivity index (χ0v) is 7.81. The average molecular weight is 218 g/mol. The maximum atomic E-state index is 9.94. The molecular formula is C6H10N4O5. The number of hydrogen-bond donors (Lipinski definition) is 0. The number of rotatable bonds is 10. The minimum Gasteiger partial charge on any atom is -0.367 e. The van der Waals surface area contributed by atoms with E-state index in [2.05, 4.69) is 20.7 Å². The van der Waals surface area contributed by atoms with Crippen molar-refractivity contribution in [1.29, 1.82) is 0 Å². The standard InChI is InChI=1S/C6H10N4O5/c11-7-1-5(2-8-12)15-6(3-9-13)4-10-14/h5-6H,1-4H2. The highest BCUT2D eigenvalue weighted by atomic mass is 16.5. The number of hydrogen-bond acceptors (Lipinski definition) is 9. The molecule has 0 radical (unpaired) electrons. The van der Waals surface area contributed by atoms with Crippen LogP contribution in [-0.2, 0) is 4.74 Å². The van der Waals surface area contributed by atoms with E-state index >= 15 is 0 Å². The van der Waals surface area contributed by atoms with Gasteiger partial charge >= 0.3 is 0 Å². The molecule has 0 bridgehead atoms. The predicted molar refractivity (Wildman–Crippen MR) is 51.3 cm³/mol. The fourth-order valence-corrected chi connectivity index (χ4v) is 0.892. The second-order valence-corrected chi connectivity index (χ2v) is 2.63. The van der Waals surface area contributed by atoms with Crippen molar-refractivity contribution >= 4 is 0 Å². The van der Waals surface area contributed by atoms with Crippen LogP contribution in [0.1, 0.15) is 0 Å². The molecule has 0 saturated heterocycles. The molecule has 0 N–H and O–H groups in total. The van der Waals surface area contributed by atoms with Gasteiger partial charge in [0.05, 0.1) is 0 Å². The van der Waals surface area contributed by atoms with Crippen molar-refractivity contribution in [2.45, 2.75) is 12.2 Å². The van der Waals surface area contributed by atoms with Crippen molar-refractivity contribution in [3.8, 4) is 0 Å². The van der Waals surface area contributed by atoms with Crippen LogP contribution in [0.25, 0.3) is 0 Å². The summed E-state index contributed by atoms with van der Waals surface area (Å²) >= 11 is 0. The Kier molecular flexibility index (Phi) is 7.96. The van der Waals surface area contributed by atoms with Gasteiger partial charge in [0.1, 0.15) is 38.4 Å². The van der Waals surface area contributed by atoms with Gasteiger partial charge in [-0.15, -0.1) is 0 Å². The molecule has 0 aromatic rings. The van der Waals surface area contributed by atoms with Gasteiger partial charge in [-0.1, -0.05) is 20.7 Å². The lowest BCUT2D eigenvalue weighted by Crippen LogP contribution is -2.30. The van der Waals surface area contributed by atoms with Gasteiger partial charge in [-0.3, -0.25) is 0 Å². The Labute approximate surface area is 84.5 Å². The van der Waals surface area contributed by atoms with Crippen LogP contribution in [0.3, 0.4) is 0 Å². The van der Waals surface area contributed by atoms with Crippen molar-refractivity contribution < 1.29 is 4.74 Å². The molecule has 15 heavy (non-hydrogen) atoms. The molecule has 0 saturated carbocycles. The molecule has 0 aromatic heterocycles. The summed E-state index contributed by atoms with van der Waals surface area (Å²) in [5.41, 5.74) is 0. The van der Waals surface area contributed by atoms with E-state index in [1.54, 1.807) is 0 Å². The third-order valence-corrected chi connectivity index (χ3v) is 1.50. The molecule has 9 heteroatoms. The van der Waals surface area contributed by atoms with Gasteiger partial charge in [-0.2, -0.15) is 19.6 Å². The molecule has 0 fully saturated rings.